The summed E-state index contributed by atoms with van der Waals surface area (Å²) in [5.74, 6) is 0.483. The molecule has 144 valence electrons. The lowest BCUT2D eigenvalue weighted by atomic mass is 10.1. The smallest absolute Gasteiger partial charge is 0.146 e. The van der Waals surface area contributed by atoms with E-state index in [4.69, 9.17) is 21.0 Å². The predicted molar refractivity (Wildman–Crippen MR) is 111 cm³/mol. The molecule has 0 spiro atoms. The highest BCUT2D eigenvalue weighted by Gasteiger charge is 2.15. The molecule has 0 unspecified atom stereocenters. The van der Waals surface area contributed by atoms with E-state index in [0.717, 1.165) is 18.7 Å². The van der Waals surface area contributed by atoms with Crippen molar-refractivity contribution in [1.29, 1.82) is 5.41 Å². The van der Waals surface area contributed by atoms with Crippen LogP contribution in [0, 0.1) is 5.41 Å². The van der Waals surface area contributed by atoms with Crippen LogP contribution >= 0.6 is 24.8 Å². The molecular weight excluding hydrogens is 375 g/mol. The standard InChI is InChI=1S/C18H24N4O2.2ClH/c1-2-24-18-12-17(15(19)11-16(18)20)22-14-5-3-13(4-6-14)7-8-21-9-10-23;;/h3-6,11-12,20-21,23H,2,7-10,19H2,1H3;2*1H. The van der Waals surface area contributed by atoms with Crippen molar-refractivity contribution in [3.63, 3.8) is 0 Å². The number of rotatable bonds is 8. The molecule has 0 aliphatic heterocycles. The molecule has 5 N–H and O–H groups in total. The highest BCUT2D eigenvalue weighted by Crippen LogP contribution is 2.18. The number of nitrogens with two attached hydrogens (primary N) is 1. The number of nitrogens with one attached hydrogen (secondary N) is 2. The van der Waals surface area contributed by atoms with Crippen molar-refractivity contribution in [3.8, 4) is 0 Å². The number of nitrogens with zero attached hydrogens (tertiary/aromatic N) is 1. The van der Waals surface area contributed by atoms with Gasteiger partial charge in [0.05, 0.1) is 36.0 Å². The second-order valence-electron chi connectivity index (χ2n) is 5.34. The van der Waals surface area contributed by atoms with Crippen molar-refractivity contribution in [2.75, 3.05) is 26.3 Å². The van der Waals surface area contributed by atoms with Gasteiger partial charge in [-0.2, -0.15) is 0 Å². The Morgan fingerprint density at radius 3 is 2.46 bits per heavy atom. The molecule has 0 bridgehead atoms. The van der Waals surface area contributed by atoms with Gasteiger partial charge in [0.15, 0.2) is 0 Å². The quantitative estimate of drug-likeness (QED) is 0.397. The number of hydrogen-bond acceptors (Lipinski definition) is 6. The van der Waals surface area contributed by atoms with Gasteiger partial charge in [-0.05, 0) is 43.7 Å². The first-order chi connectivity index (χ1) is 11.6. The number of benzene rings is 1. The predicted octanol–water partition coefficient (Wildman–Crippen LogP) is 2.52. The fourth-order valence-electron chi connectivity index (χ4n) is 2.27. The Morgan fingerprint density at radius 2 is 1.85 bits per heavy atom. The summed E-state index contributed by atoms with van der Waals surface area (Å²) in [4.78, 5) is 4.54. The van der Waals surface area contributed by atoms with Crippen LogP contribution in [-0.2, 0) is 11.2 Å². The third-order valence-corrected chi connectivity index (χ3v) is 3.49. The van der Waals surface area contributed by atoms with Crippen LogP contribution in [0.2, 0.25) is 0 Å². The van der Waals surface area contributed by atoms with E-state index in [0.29, 0.717) is 30.3 Å². The van der Waals surface area contributed by atoms with Crippen LogP contribution in [0.4, 0.5) is 5.69 Å². The molecule has 0 radical (unpaired) electrons. The summed E-state index contributed by atoms with van der Waals surface area (Å²) < 4.78 is 5.43. The molecule has 0 aromatic heterocycles. The summed E-state index contributed by atoms with van der Waals surface area (Å²) >= 11 is 0. The van der Waals surface area contributed by atoms with Crippen LogP contribution in [0.3, 0.4) is 0 Å². The zero-order valence-corrected chi connectivity index (χ0v) is 16.3. The minimum absolute atomic E-state index is 0. The van der Waals surface area contributed by atoms with Crippen molar-refractivity contribution in [3.05, 3.63) is 53.4 Å². The lowest BCUT2D eigenvalue weighted by molar-refractivity contribution is 0.250. The van der Waals surface area contributed by atoms with E-state index in [-0.39, 0.29) is 37.1 Å². The van der Waals surface area contributed by atoms with E-state index in [1.165, 1.54) is 5.56 Å². The minimum Gasteiger partial charge on any atom is -0.492 e. The van der Waals surface area contributed by atoms with Crippen molar-refractivity contribution < 1.29 is 9.84 Å². The maximum absolute atomic E-state index is 8.73. The van der Waals surface area contributed by atoms with E-state index in [1.54, 1.807) is 12.2 Å². The largest absolute Gasteiger partial charge is 0.492 e. The van der Waals surface area contributed by atoms with Crippen LogP contribution in [0.5, 0.6) is 0 Å². The van der Waals surface area contributed by atoms with Gasteiger partial charge >= 0.3 is 0 Å². The molecule has 2 rings (SSSR count). The topological polar surface area (TPSA) is 104 Å². The molecule has 0 atom stereocenters. The fourth-order valence-corrected chi connectivity index (χ4v) is 2.27. The lowest BCUT2D eigenvalue weighted by Gasteiger charge is -2.14. The summed E-state index contributed by atoms with van der Waals surface area (Å²) in [6.07, 6.45) is 4.16. The molecule has 1 aromatic carbocycles. The van der Waals surface area contributed by atoms with Gasteiger partial charge in [0.25, 0.3) is 0 Å². The van der Waals surface area contributed by atoms with E-state index >= 15 is 0 Å². The van der Waals surface area contributed by atoms with E-state index < -0.39 is 0 Å². The maximum atomic E-state index is 8.73. The Labute approximate surface area is 166 Å². The van der Waals surface area contributed by atoms with Crippen molar-refractivity contribution in [1.82, 2.24) is 5.32 Å². The Balaban J connectivity index is 0.00000312. The van der Waals surface area contributed by atoms with Crippen LogP contribution in [0.1, 0.15) is 12.5 Å². The van der Waals surface area contributed by atoms with Gasteiger partial charge < -0.3 is 20.9 Å². The summed E-state index contributed by atoms with van der Waals surface area (Å²) in [6.45, 7) is 3.96. The second-order valence-corrected chi connectivity index (χ2v) is 5.34. The number of hydrogen-bond donors (Lipinski definition) is 4. The van der Waals surface area contributed by atoms with E-state index in [9.17, 15) is 0 Å². The summed E-state index contributed by atoms with van der Waals surface area (Å²) in [7, 11) is 0. The van der Waals surface area contributed by atoms with Gasteiger partial charge in [0.1, 0.15) is 5.76 Å². The number of aliphatic hydroxyl groups is 1. The minimum atomic E-state index is 0. The molecule has 6 nitrogen and oxygen atoms in total. The third-order valence-electron chi connectivity index (χ3n) is 3.49. The molecule has 0 heterocycles. The molecule has 1 aromatic rings. The normalized spacial score (nSPS) is 14.8. The highest BCUT2D eigenvalue weighted by molar-refractivity contribution is 6.22. The lowest BCUT2D eigenvalue weighted by Crippen LogP contribution is -2.20. The molecule has 0 saturated heterocycles. The first-order valence-electron chi connectivity index (χ1n) is 8.04. The highest BCUT2D eigenvalue weighted by atomic mass is 35.5. The van der Waals surface area contributed by atoms with E-state index in [1.807, 2.05) is 31.2 Å². The first kappa shape index (κ1) is 24.1. The summed E-state index contributed by atoms with van der Waals surface area (Å²) in [5.41, 5.74) is 9.28. The van der Waals surface area contributed by atoms with Crippen molar-refractivity contribution in [2.45, 2.75) is 13.3 Å². The average molecular weight is 401 g/mol. The maximum Gasteiger partial charge on any atom is 0.146 e. The third kappa shape index (κ3) is 7.17. The van der Waals surface area contributed by atoms with Crippen molar-refractivity contribution >= 4 is 41.9 Å². The molecule has 0 fully saturated rings. The van der Waals surface area contributed by atoms with E-state index in [2.05, 4.69) is 10.3 Å². The molecule has 26 heavy (non-hydrogen) atoms. The molecule has 1 aliphatic rings. The first-order valence-corrected chi connectivity index (χ1v) is 8.04. The van der Waals surface area contributed by atoms with Gasteiger partial charge in [0, 0.05) is 12.6 Å². The van der Waals surface area contributed by atoms with Crippen LogP contribution in [-0.4, -0.2) is 42.8 Å². The van der Waals surface area contributed by atoms with Gasteiger partial charge in [-0.25, -0.2) is 4.99 Å². The number of halogens is 2. The molecular formula is C18H26Cl2N4O2. The van der Waals surface area contributed by atoms with Crippen molar-refractivity contribution in [2.24, 2.45) is 10.7 Å². The van der Waals surface area contributed by atoms with Crippen LogP contribution in [0.15, 0.2) is 52.9 Å². The number of aliphatic hydroxyl groups excluding tert-OH is 1. The zero-order valence-electron chi connectivity index (χ0n) is 14.7. The summed E-state index contributed by atoms with van der Waals surface area (Å²) in [5, 5.41) is 19.7. The monoisotopic (exact) mass is 400 g/mol. The van der Waals surface area contributed by atoms with Gasteiger partial charge in [-0.15, -0.1) is 24.8 Å². The number of aliphatic imine (C=N–C) groups is 1. The summed E-state index contributed by atoms with van der Waals surface area (Å²) in [6, 6.07) is 7.93. The Morgan fingerprint density at radius 1 is 1.15 bits per heavy atom. The Hall–Kier alpha value is -1.86. The van der Waals surface area contributed by atoms with Gasteiger partial charge in [-0.3, -0.25) is 5.41 Å². The zero-order chi connectivity index (χ0) is 17.4. The molecule has 1 aliphatic carbocycles. The Bertz CT molecular complexity index is 670. The van der Waals surface area contributed by atoms with Gasteiger partial charge in [-0.1, -0.05) is 12.1 Å². The van der Waals surface area contributed by atoms with Crippen LogP contribution in [0.25, 0.3) is 0 Å². The Kier molecular flexibility index (Phi) is 11.6. The molecule has 0 amide bonds. The van der Waals surface area contributed by atoms with Gasteiger partial charge in [0.2, 0.25) is 0 Å². The second kappa shape index (κ2) is 12.5. The number of allylic oxidation sites excluding steroid dienone is 2. The number of ether oxygens (including phenoxy) is 1. The van der Waals surface area contributed by atoms with Crippen LogP contribution < -0.4 is 11.1 Å². The molecule has 8 heteroatoms. The average Bonchev–Trinajstić information content (AvgIpc) is 2.57. The molecule has 0 saturated carbocycles. The SMILES string of the molecule is CCOC1=CC(=Nc2ccc(CCNCCO)cc2)C(N)=CC1=N.Cl.Cl. The fraction of sp³-hybridized carbons (Fsp3) is 0.333.